The molecular formula is C25H32N4O5S. The first-order valence-corrected chi connectivity index (χ1v) is 13.7. The molecule has 0 spiro atoms. The minimum atomic E-state index is -3.73. The van der Waals surface area contributed by atoms with Crippen molar-refractivity contribution in [3.05, 3.63) is 39.9 Å². The topological polar surface area (TPSA) is 128 Å². The maximum Gasteiger partial charge on any atom is 0.260 e. The number of fused-ring (bicyclic) bond motifs is 1. The molecule has 9 nitrogen and oxygen atoms in total. The van der Waals surface area contributed by atoms with E-state index in [0.29, 0.717) is 46.8 Å². The van der Waals surface area contributed by atoms with Crippen molar-refractivity contribution in [1.29, 1.82) is 0 Å². The Bertz CT molecular complexity index is 1400. The number of aromatic amines is 2. The average Bonchev–Trinajstić information content (AvgIpc) is 3.21. The monoisotopic (exact) mass is 500 g/mol. The number of benzene rings is 1. The smallest absolute Gasteiger partial charge is 0.260 e. The highest BCUT2D eigenvalue weighted by Crippen LogP contribution is 2.37. The number of piperidine rings is 1. The number of aryl methyl sites for hydroxylation is 1. The number of rotatable bonds is 5. The van der Waals surface area contributed by atoms with Crippen molar-refractivity contribution in [2.75, 3.05) is 20.2 Å². The molecule has 1 aliphatic heterocycles. The van der Waals surface area contributed by atoms with E-state index in [9.17, 15) is 18.3 Å². The Kier molecular flexibility index (Phi) is 6.45. The fourth-order valence-electron chi connectivity index (χ4n) is 5.40. The molecule has 5 rings (SSSR count). The normalized spacial score (nSPS) is 18.8. The summed E-state index contributed by atoms with van der Waals surface area (Å²) in [7, 11) is -2.27. The Morgan fingerprint density at radius 3 is 2.49 bits per heavy atom. The van der Waals surface area contributed by atoms with Crippen LogP contribution in [-0.4, -0.2) is 59.1 Å². The van der Waals surface area contributed by atoms with E-state index in [-0.39, 0.29) is 23.5 Å². The van der Waals surface area contributed by atoms with Crippen LogP contribution in [0.2, 0.25) is 0 Å². The Morgan fingerprint density at radius 1 is 1.09 bits per heavy atom. The van der Waals surface area contributed by atoms with Gasteiger partial charge < -0.3 is 19.8 Å². The SMILES string of the molecule is COc1cc(S(=O)(=O)N2CCC(O)CC2)ccc1-c1nc2c(C)[nH]c(C3CCCCC3)c2c(=O)[nH]1. The predicted molar refractivity (Wildman–Crippen MR) is 133 cm³/mol. The fraction of sp³-hybridized carbons (Fsp3) is 0.520. The predicted octanol–water partition coefficient (Wildman–Crippen LogP) is 3.43. The Morgan fingerprint density at radius 2 is 1.80 bits per heavy atom. The lowest BCUT2D eigenvalue weighted by atomic mass is 9.86. The first-order chi connectivity index (χ1) is 16.8. The largest absolute Gasteiger partial charge is 0.496 e. The lowest BCUT2D eigenvalue weighted by Crippen LogP contribution is -2.39. The van der Waals surface area contributed by atoms with Crippen LogP contribution in [0, 0.1) is 6.92 Å². The molecule has 188 valence electrons. The number of hydrogen-bond donors (Lipinski definition) is 3. The van der Waals surface area contributed by atoms with E-state index < -0.39 is 16.1 Å². The van der Waals surface area contributed by atoms with Gasteiger partial charge in [-0.2, -0.15) is 4.31 Å². The highest BCUT2D eigenvalue weighted by atomic mass is 32.2. The van der Waals surface area contributed by atoms with Crippen LogP contribution in [0.25, 0.3) is 22.3 Å². The highest BCUT2D eigenvalue weighted by Gasteiger charge is 2.30. The molecular weight excluding hydrogens is 468 g/mol. The van der Waals surface area contributed by atoms with Crippen molar-refractivity contribution in [3.8, 4) is 17.1 Å². The van der Waals surface area contributed by atoms with Crippen LogP contribution < -0.4 is 10.3 Å². The molecule has 3 aromatic rings. The van der Waals surface area contributed by atoms with Crippen molar-refractivity contribution in [2.45, 2.75) is 68.8 Å². The molecule has 2 fully saturated rings. The van der Waals surface area contributed by atoms with Gasteiger partial charge in [-0.05, 0) is 50.7 Å². The van der Waals surface area contributed by atoms with Gasteiger partial charge in [-0.25, -0.2) is 13.4 Å². The third-order valence-electron chi connectivity index (χ3n) is 7.37. The van der Waals surface area contributed by atoms with Crippen molar-refractivity contribution in [1.82, 2.24) is 19.3 Å². The van der Waals surface area contributed by atoms with Crippen molar-refractivity contribution >= 4 is 20.9 Å². The van der Waals surface area contributed by atoms with E-state index >= 15 is 0 Å². The molecule has 2 aromatic heterocycles. The van der Waals surface area contributed by atoms with E-state index in [1.807, 2.05) is 6.92 Å². The molecule has 0 atom stereocenters. The summed E-state index contributed by atoms with van der Waals surface area (Å²) in [5, 5.41) is 10.3. The summed E-state index contributed by atoms with van der Waals surface area (Å²) in [4.78, 5) is 24.4. The molecule has 1 aromatic carbocycles. The number of aliphatic hydroxyl groups is 1. The van der Waals surface area contributed by atoms with Crippen LogP contribution in [0.1, 0.15) is 62.3 Å². The van der Waals surface area contributed by atoms with Crippen LogP contribution in [0.4, 0.5) is 0 Å². The second kappa shape index (κ2) is 9.40. The first kappa shape index (κ1) is 24.0. The van der Waals surface area contributed by atoms with Crippen LogP contribution in [-0.2, 0) is 10.0 Å². The molecule has 0 amide bonds. The third-order valence-corrected chi connectivity index (χ3v) is 9.26. The molecule has 3 heterocycles. The van der Waals surface area contributed by atoms with Gasteiger partial charge in [-0.15, -0.1) is 0 Å². The molecule has 35 heavy (non-hydrogen) atoms. The minimum absolute atomic E-state index is 0.107. The zero-order valence-electron chi connectivity index (χ0n) is 20.1. The van der Waals surface area contributed by atoms with Crippen LogP contribution in [0.3, 0.4) is 0 Å². The Hall–Kier alpha value is -2.69. The number of hydrogen-bond acceptors (Lipinski definition) is 6. The van der Waals surface area contributed by atoms with Crippen molar-refractivity contribution in [2.24, 2.45) is 0 Å². The van der Waals surface area contributed by atoms with Gasteiger partial charge in [0.05, 0.1) is 34.6 Å². The van der Waals surface area contributed by atoms with Gasteiger partial charge in [0, 0.05) is 30.5 Å². The lowest BCUT2D eigenvalue weighted by Gasteiger charge is -2.28. The molecule has 0 radical (unpaired) electrons. The summed E-state index contributed by atoms with van der Waals surface area (Å²) in [5.41, 5.74) is 2.76. The number of aliphatic hydroxyl groups excluding tert-OH is 1. The Labute approximate surface area is 204 Å². The van der Waals surface area contributed by atoms with Crippen LogP contribution in [0.15, 0.2) is 27.9 Å². The van der Waals surface area contributed by atoms with Gasteiger partial charge in [-0.1, -0.05) is 19.3 Å². The maximum atomic E-state index is 13.2. The highest BCUT2D eigenvalue weighted by molar-refractivity contribution is 7.89. The summed E-state index contributed by atoms with van der Waals surface area (Å²) in [6.07, 6.45) is 6.06. The second-order valence-corrected chi connectivity index (χ2v) is 11.6. The van der Waals surface area contributed by atoms with E-state index in [4.69, 9.17) is 9.72 Å². The summed E-state index contributed by atoms with van der Waals surface area (Å²) in [6.45, 7) is 2.47. The molecule has 1 saturated heterocycles. The van der Waals surface area contributed by atoms with Gasteiger partial charge >= 0.3 is 0 Å². The summed E-state index contributed by atoms with van der Waals surface area (Å²) in [6, 6.07) is 4.61. The van der Waals surface area contributed by atoms with E-state index in [1.54, 1.807) is 6.07 Å². The number of aromatic nitrogens is 3. The fourth-order valence-corrected chi connectivity index (χ4v) is 6.89. The van der Waals surface area contributed by atoms with Crippen LogP contribution in [0.5, 0.6) is 5.75 Å². The lowest BCUT2D eigenvalue weighted by molar-refractivity contribution is 0.113. The maximum absolute atomic E-state index is 13.2. The quantitative estimate of drug-likeness (QED) is 0.492. The zero-order chi connectivity index (χ0) is 24.7. The Balaban J connectivity index is 1.53. The van der Waals surface area contributed by atoms with Gasteiger partial charge in [0.2, 0.25) is 10.0 Å². The van der Waals surface area contributed by atoms with Gasteiger partial charge in [0.1, 0.15) is 11.6 Å². The number of methoxy groups -OCH3 is 1. The molecule has 1 aliphatic carbocycles. The molecule has 2 aliphatic rings. The average molecular weight is 501 g/mol. The molecule has 1 saturated carbocycles. The van der Waals surface area contributed by atoms with Gasteiger partial charge in [-0.3, -0.25) is 4.79 Å². The van der Waals surface area contributed by atoms with E-state index in [0.717, 1.165) is 37.1 Å². The summed E-state index contributed by atoms with van der Waals surface area (Å²) >= 11 is 0. The number of H-pyrrole nitrogens is 2. The minimum Gasteiger partial charge on any atom is -0.496 e. The van der Waals surface area contributed by atoms with Crippen molar-refractivity contribution < 1.29 is 18.3 Å². The van der Waals surface area contributed by atoms with Crippen molar-refractivity contribution in [3.63, 3.8) is 0 Å². The van der Waals surface area contributed by atoms with E-state index in [2.05, 4.69) is 9.97 Å². The first-order valence-electron chi connectivity index (χ1n) is 12.3. The van der Waals surface area contributed by atoms with Gasteiger partial charge in [0.15, 0.2) is 0 Å². The summed E-state index contributed by atoms with van der Waals surface area (Å²) in [5.74, 6) is 0.983. The summed E-state index contributed by atoms with van der Waals surface area (Å²) < 4.78 is 33.2. The zero-order valence-corrected chi connectivity index (χ0v) is 21.0. The van der Waals surface area contributed by atoms with Gasteiger partial charge in [0.25, 0.3) is 5.56 Å². The number of sulfonamides is 1. The standard InChI is InChI=1S/C25H32N4O5S/c1-15-22-21(23(26-15)16-6-4-3-5-7-16)25(31)28-24(27-22)19-9-8-18(14-20(19)34-2)35(32,33)29-12-10-17(30)11-13-29/h8-9,14,16-17,26,30H,3-7,10-13H2,1-2H3,(H,27,28,31). The molecule has 0 unspecified atom stereocenters. The number of nitrogens with one attached hydrogen (secondary N) is 2. The molecule has 0 bridgehead atoms. The number of ether oxygens (including phenoxy) is 1. The second-order valence-electron chi connectivity index (χ2n) is 9.63. The van der Waals surface area contributed by atoms with E-state index in [1.165, 1.54) is 30.0 Å². The third kappa shape index (κ3) is 4.39. The molecule has 3 N–H and O–H groups in total. The molecule has 10 heteroatoms. The number of nitrogens with zero attached hydrogens (tertiary/aromatic N) is 2. The van der Waals surface area contributed by atoms with Crippen LogP contribution >= 0.6 is 0 Å².